The van der Waals surface area contributed by atoms with Crippen LogP contribution >= 0.6 is 0 Å². The Labute approximate surface area is 367 Å². The van der Waals surface area contributed by atoms with Gasteiger partial charge in [-0.2, -0.15) is 13.2 Å². The number of allylic oxidation sites excluding steroid dienone is 1. The van der Waals surface area contributed by atoms with Crippen LogP contribution in [0.25, 0.3) is 10.9 Å². The fraction of sp³-hybridized carbons (Fsp3) is 0.659. The number of carbonyl (C=O) groups is 4. The van der Waals surface area contributed by atoms with Gasteiger partial charge in [0.25, 0.3) is 0 Å². The molecule has 2 saturated carbocycles. The zero-order chi connectivity index (χ0) is 45.8. The molecule has 4 heterocycles. The highest BCUT2D eigenvalue weighted by atomic mass is 32.2. The summed E-state index contributed by atoms with van der Waals surface area (Å²) >= 11 is -2.48. The molecule has 1 aromatic carbocycles. The fourth-order valence-corrected chi connectivity index (χ4v) is 10.0. The zero-order valence-corrected chi connectivity index (χ0v) is 37.6. The van der Waals surface area contributed by atoms with Gasteiger partial charge in [0.2, 0.25) is 17.7 Å². The summed E-state index contributed by atoms with van der Waals surface area (Å²) in [6.07, 6.45) is 2.19. The number of alkyl halides is 3. The van der Waals surface area contributed by atoms with E-state index in [1.165, 1.54) is 31.1 Å². The average Bonchev–Trinajstić information content (AvgIpc) is 4.13. The number of nitrogens with zero attached hydrogens (tertiary/aromatic N) is 3. The largest absolute Gasteiger partial charge is 0.772 e. The van der Waals surface area contributed by atoms with E-state index < -0.39 is 105 Å². The van der Waals surface area contributed by atoms with Gasteiger partial charge >= 0.3 is 12.3 Å². The van der Waals surface area contributed by atoms with Crippen molar-refractivity contribution in [3.63, 3.8) is 0 Å². The van der Waals surface area contributed by atoms with Crippen LogP contribution in [0.2, 0.25) is 0 Å². The van der Waals surface area contributed by atoms with Gasteiger partial charge in [0.05, 0.1) is 19.2 Å². The average molecular weight is 904 g/mol. The zero-order valence-electron chi connectivity index (χ0n) is 36.8. The van der Waals surface area contributed by atoms with E-state index in [4.69, 9.17) is 14.2 Å². The third-order valence-electron chi connectivity index (χ3n) is 13.0. The van der Waals surface area contributed by atoms with Gasteiger partial charge in [0.1, 0.15) is 34.6 Å². The minimum Gasteiger partial charge on any atom is -0.772 e. The second-order valence-electron chi connectivity index (χ2n) is 19.1. The number of ether oxygens (including phenoxy) is 3. The lowest BCUT2D eigenvalue weighted by molar-refractivity contribution is -0.145. The number of carbonyl (C=O) groups excluding carboxylic acids is 4. The van der Waals surface area contributed by atoms with Crippen LogP contribution in [0.4, 0.5) is 18.0 Å². The van der Waals surface area contributed by atoms with Gasteiger partial charge in [-0.05, 0) is 104 Å². The van der Waals surface area contributed by atoms with Gasteiger partial charge in [-0.15, -0.1) is 0 Å². The van der Waals surface area contributed by atoms with Crippen molar-refractivity contribution in [1.82, 2.24) is 30.7 Å². The van der Waals surface area contributed by atoms with Crippen molar-refractivity contribution >= 4 is 45.8 Å². The van der Waals surface area contributed by atoms with E-state index >= 15 is 13.2 Å². The van der Waals surface area contributed by atoms with Crippen LogP contribution in [0.15, 0.2) is 30.4 Å². The first-order valence-corrected chi connectivity index (χ1v) is 22.8. The number of hydrogen-bond acceptors (Lipinski definition) is 11. The quantitative estimate of drug-likeness (QED) is 0.226. The van der Waals surface area contributed by atoms with Crippen molar-refractivity contribution in [3.8, 4) is 11.5 Å². The van der Waals surface area contributed by atoms with Crippen molar-refractivity contribution in [1.29, 1.82) is 0 Å². The number of rotatable bonds is 8. The predicted octanol–water partition coefficient (Wildman–Crippen LogP) is 5.44. The van der Waals surface area contributed by atoms with E-state index in [2.05, 4.69) is 20.9 Å². The van der Waals surface area contributed by atoms with Gasteiger partial charge in [0.15, 0.2) is 11.4 Å². The van der Waals surface area contributed by atoms with Crippen LogP contribution in [0, 0.1) is 11.8 Å². The third kappa shape index (κ3) is 9.79. The minimum absolute atomic E-state index is 0.0443. The Kier molecular flexibility index (Phi) is 12.9. The third-order valence-corrected chi connectivity index (χ3v) is 13.9. The molecule has 2 aliphatic carbocycles. The normalized spacial score (nSPS) is 29.2. The van der Waals surface area contributed by atoms with E-state index in [1.807, 2.05) is 12.2 Å². The molecule has 3 aliphatic heterocycles. The number of hydrogen-bond donors (Lipinski definition) is 3. The SMILES string of the molecule is COc1ccc2nc(C(F)(F)F)c3c(c2c1)C(N(C)C)CC1(CC2C(=O)NC4(C(=O)NC(C5CC5)C(C)S(=O)[O-])CC4C=CCCCCCC(NC(=O)OC(C)(C)C)C(=O)N2C1)O3. The number of pyridine rings is 1. The van der Waals surface area contributed by atoms with Gasteiger partial charge in [0, 0.05) is 47.0 Å². The van der Waals surface area contributed by atoms with Crippen molar-refractivity contribution in [2.24, 2.45) is 11.8 Å². The lowest BCUT2D eigenvalue weighted by Crippen LogP contribution is -2.59. The molecule has 15 nitrogen and oxygen atoms in total. The second-order valence-corrected chi connectivity index (χ2v) is 20.3. The molecule has 346 valence electrons. The Hall–Kier alpha value is -4.49. The van der Waals surface area contributed by atoms with Crippen LogP contribution < -0.4 is 25.4 Å². The lowest BCUT2D eigenvalue weighted by Gasteiger charge is -2.43. The molecule has 5 aliphatic rings. The van der Waals surface area contributed by atoms with Crippen molar-refractivity contribution < 1.29 is 55.3 Å². The van der Waals surface area contributed by atoms with E-state index in [9.17, 15) is 27.9 Å². The molecule has 9 unspecified atom stereocenters. The summed E-state index contributed by atoms with van der Waals surface area (Å²) < 4.78 is 87.0. The number of fused-ring (bicyclic) bond motifs is 5. The molecule has 0 radical (unpaired) electrons. The molecule has 1 aromatic heterocycles. The summed E-state index contributed by atoms with van der Waals surface area (Å²) in [4.78, 5) is 64.7. The number of methoxy groups -OCH3 is 1. The highest BCUT2D eigenvalue weighted by Crippen LogP contribution is 2.54. The summed E-state index contributed by atoms with van der Waals surface area (Å²) in [6.45, 7) is 6.21. The molecule has 9 atom stereocenters. The fourth-order valence-electron chi connectivity index (χ4n) is 9.51. The maximum Gasteiger partial charge on any atom is 0.437 e. The first-order valence-electron chi connectivity index (χ1n) is 21.7. The summed E-state index contributed by atoms with van der Waals surface area (Å²) in [5.41, 5.74) is -4.94. The first-order chi connectivity index (χ1) is 29.6. The Morgan fingerprint density at radius 2 is 1.83 bits per heavy atom. The number of nitrogens with one attached hydrogen (secondary N) is 3. The molecule has 0 bridgehead atoms. The smallest absolute Gasteiger partial charge is 0.437 e. The number of alkyl carbamates (subject to hydrolysis) is 1. The van der Waals surface area contributed by atoms with E-state index in [1.54, 1.807) is 45.8 Å². The number of benzene rings is 1. The van der Waals surface area contributed by atoms with Crippen molar-refractivity contribution in [3.05, 3.63) is 41.6 Å². The van der Waals surface area contributed by atoms with Crippen LogP contribution in [0.5, 0.6) is 11.5 Å². The summed E-state index contributed by atoms with van der Waals surface area (Å²) in [6, 6.07) is 0.598. The molecule has 3 fully saturated rings. The molecule has 7 rings (SSSR count). The van der Waals surface area contributed by atoms with Gasteiger partial charge in [-0.1, -0.05) is 36.1 Å². The van der Waals surface area contributed by atoms with Gasteiger partial charge in [-0.25, -0.2) is 9.78 Å². The van der Waals surface area contributed by atoms with Gasteiger partial charge < -0.3 is 44.5 Å². The van der Waals surface area contributed by atoms with Crippen LogP contribution in [0.3, 0.4) is 0 Å². The number of aromatic nitrogens is 1. The Balaban J connectivity index is 1.31. The van der Waals surface area contributed by atoms with Crippen LogP contribution in [-0.2, 0) is 36.4 Å². The number of amides is 4. The lowest BCUT2D eigenvalue weighted by atomic mass is 9.83. The molecular formula is C44H58F3N6O9S-. The topological polar surface area (TPSA) is 192 Å². The standard InChI is InChI=1S/C44H59F3N6O9S/c1-24(63(58)59)34(25-15-16-25)50-39(56)43-20-26(43)13-11-9-8-10-12-14-30(49-40(57)62-41(2,3)4)38(55)53-23-42(22-32(53)37(54)51-43)21-31(52(5)6)33-28-19-27(60-7)17-18-29(28)48-36(35(33)61-42)44(45,46)47/h11,13,17-19,24-26,30-32,34H,8-10,12,14-16,20-23H2,1-7H3,(H,49,57)(H,50,56)(H,51,54)(H,58,59)/p-1. The summed E-state index contributed by atoms with van der Waals surface area (Å²) in [7, 11) is 4.89. The molecule has 2 aromatic rings. The molecule has 19 heteroatoms. The molecule has 4 amide bonds. The summed E-state index contributed by atoms with van der Waals surface area (Å²) in [5, 5.41) is 8.10. The van der Waals surface area contributed by atoms with E-state index in [-0.39, 0.29) is 49.2 Å². The number of halogens is 3. The summed E-state index contributed by atoms with van der Waals surface area (Å²) in [5.74, 6) is -2.59. The molecule has 63 heavy (non-hydrogen) atoms. The molecular weight excluding hydrogens is 846 g/mol. The molecule has 1 saturated heterocycles. The van der Waals surface area contributed by atoms with Crippen molar-refractivity contribution in [2.75, 3.05) is 27.7 Å². The molecule has 3 N–H and O–H groups in total. The monoisotopic (exact) mass is 903 g/mol. The highest BCUT2D eigenvalue weighted by molar-refractivity contribution is 7.79. The minimum atomic E-state index is -4.96. The first kappa shape index (κ1) is 46.5. The van der Waals surface area contributed by atoms with E-state index in [0.717, 1.165) is 19.3 Å². The predicted molar refractivity (Wildman–Crippen MR) is 225 cm³/mol. The van der Waals surface area contributed by atoms with Crippen LogP contribution in [-0.4, -0.2) is 115 Å². The van der Waals surface area contributed by atoms with E-state index in [0.29, 0.717) is 30.4 Å². The Bertz CT molecular complexity index is 2180. The highest BCUT2D eigenvalue weighted by Gasteiger charge is 2.63. The second kappa shape index (κ2) is 17.5. The molecule has 1 spiro atoms. The maximum atomic E-state index is 15.1. The Morgan fingerprint density at radius 3 is 2.46 bits per heavy atom. The van der Waals surface area contributed by atoms with Crippen LogP contribution in [0.1, 0.15) is 109 Å². The van der Waals surface area contributed by atoms with Gasteiger partial charge in [-0.3, -0.25) is 18.6 Å². The Morgan fingerprint density at radius 1 is 1.10 bits per heavy atom. The van der Waals surface area contributed by atoms with Crippen molar-refractivity contribution in [2.45, 2.75) is 144 Å². The maximum absolute atomic E-state index is 15.1.